The average molecular weight is 358 g/mol. The molecule has 94 valence electrons. The first-order valence-corrected chi connectivity index (χ1v) is 6.24. The van der Waals surface area contributed by atoms with E-state index in [4.69, 9.17) is 5.73 Å². The van der Waals surface area contributed by atoms with E-state index in [9.17, 15) is 4.79 Å². The Labute approximate surface area is 117 Å². The predicted octanol–water partition coefficient (Wildman–Crippen LogP) is 0.878. The summed E-state index contributed by atoms with van der Waals surface area (Å²) in [7, 11) is 0. The number of H-pyrrole nitrogens is 1. The van der Waals surface area contributed by atoms with Crippen molar-refractivity contribution in [2.45, 2.75) is 13.0 Å². The molecule has 1 atom stereocenters. The number of tetrazole rings is 1. The molecule has 0 aliphatic carbocycles. The third kappa shape index (κ3) is 2.94. The number of halogens is 1. The molecule has 0 bridgehead atoms. The van der Waals surface area contributed by atoms with Crippen LogP contribution >= 0.6 is 22.6 Å². The number of hydrogen-bond donors (Lipinski definition) is 3. The van der Waals surface area contributed by atoms with Crippen molar-refractivity contribution >= 4 is 34.2 Å². The van der Waals surface area contributed by atoms with Gasteiger partial charge in [-0.1, -0.05) is 5.21 Å². The Hall–Kier alpha value is -1.71. The van der Waals surface area contributed by atoms with Gasteiger partial charge in [-0.05, 0) is 47.7 Å². The van der Waals surface area contributed by atoms with Gasteiger partial charge >= 0.3 is 0 Å². The van der Waals surface area contributed by atoms with E-state index < -0.39 is 0 Å². The molecule has 0 radical (unpaired) electrons. The summed E-state index contributed by atoms with van der Waals surface area (Å²) in [4.78, 5) is 12.0. The van der Waals surface area contributed by atoms with Crippen molar-refractivity contribution in [1.82, 2.24) is 25.9 Å². The predicted molar refractivity (Wildman–Crippen MR) is 73.6 cm³/mol. The number of rotatable bonds is 3. The molecule has 4 N–H and O–H groups in total. The standard InChI is InChI=1S/C10H11IN6O/c1-5(9-14-16-17-15-9)13-10(18)6-2-7(11)4-8(12)3-6/h2-5H,12H2,1H3,(H,13,18)(H,14,15,16,17). The first kappa shape index (κ1) is 12.7. The highest BCUT2D eigenvalue weighted by Crippen LogP contribution is 2.15. The smallest absolute Gasteiger partial charge is 0.251 e. The number of anilines is 1. The van der Waals surface area contributed by atoms with Gasteiger partial charge in [-0.3, -0.25) is 4.79 Å². The van der Waals surface area contributed by atoms with Crippen LogP contribution in [0.2, 0.25) is 0 Å². The highest BCUT2D eigenvalue weighted by molar-refractivity contribution is 14.1. The quantitative estimate of drug-likeness (QED) is 0.557. The molecule has 1 amide bonds. The Balaban J connectivity index is 2.12. The largest absolute Gasteiger partial charge is 0.399 e. The van der Waals surface area contributed by atoms with Gasteiger partial charge in [0.25, 0.3) is 5.91 Å². The molecule has 0 spiro atoms. The summed E-state index contributed by atoms with van der Waals surface area (Å²) in [6, 6.07) is 4.85. The molecule has 0 aliphatic rings. The maximum atomic E-state index is 12.0. The Morgan fingerprint density at radius 3 is 2.89 bits per heavy atom. The number of benzene rings is 1. The Morgan fingerprint density at radius 2 is 2.28 bits per heavy atom. The molecule has 1 unspecified atom stereocenters. The van der Waals surface area contributed by atoms with E-state index >= 15 is 0 Å². The van der Waals surface area contributed by atoms with Gasteiger partial charge in [0, 0.05) is 14.8 Å². The summed E-state index contributed by atoms with van der Waals surface area (Å²) in [6.45, 7) is 1.78. The molecule has 7 nitrogen and oxygen atoms in total. The van der Waals surface area contributed by atoms with Crippen LogP contribution in [0.1, 0.15) is 29.1 Å². The van der Waals surface area contributed by atoms with E-state index in [-0.39, 0.29) is 11.9 Å². The number of aromatic amines is 1. The third-order valence-electron chi connectivity index (χ3n) is 2.28. The second-order valence-corrected chi connectivity index (χ2v) is 4.98. The van der Waals surface area contributed by atoms with Crippen LogP contribution in [-0.2, 0) is 0 Å². The molecule has 1 aromatic carbocycles. The summed E-state index contributed by atoms with van der Waals surface area (Å²) < 4.78 is 0.907. The van der Waals surface area contributed by atoms with Crippen LogP contribution in [-0.4, -0.2) is 26.5 Å². The Morgan fingerprint density at radius 1 is 1.50 bits per heavy atom. The van der Waals surface area contributed by atoms with Crippen LogP contribution in [0.25, 0.3) is 0 Å². The lowest BCUT2D eigenvalue weighted by Gasteiger charge is -2.10. The van der Waals surface area contributed by atoms with Crippen molar-refractivity contribution in [3.63, 3.8) is 0 Å². The molecular formula is C10H11IN6O. The highest BCUT2D eigenvalue weighted by Gasteiger charge is 2.15. The van der Waals surface area contributed by atoms with Gasteiger partial charge in [-0.2, -0.15) is 5.21 Å². The molecule has 0 saturated carbocycles. The van der Waals surface area contributed by atoms with E-state index in [1.54, 1.807) is 25.1 Å². The summed E-state index contributed by atoms with van der Waals surface area (Å²) in [6.07, 6.45) is 0. The first-order valence-electron chi connectivity index (χ1n) is 5.16. The number of amides is 1. The van der Waals surface area contributed by atoms with Crippen LogP contribution < -0.4 is 11.1 Å². The number of nitrogens with two attached hydrogens (primary N) is 1. The Kier molecular flexibility index (Phi) is 3.75. The number of nitrogen functional groups attached to an aromatic ring is 1. The van der Waals surface area contributed by atoms with Gasteiger partial charge < -0.3 is 11.1 Å². The second kappa shape index (κ2) is 5.29. The van der Waals surface area contributed by atoms with Crippen molar-refractivity contribution in [1.29, 1.82) is 0 Å². The molecule has 0 saturated heterocycles. The van der Waals surface area contributed by atoms with E-state index in [2.05, 4.69) is 48.5 Å². The lowest BCUT2D eigenvalue weighted by molar-refractivity contribution is 0.0938. The molecule has 0 aliphatic heterocycles. The molecule has 1 heterocycles. The molecule has 18 heavy (non-hydrogen) atoms. The highest BCUT2D eigenvalue weighted by atomic mass is 127. The summed E-state index contributed by atoms with van der Waals surface area (Å²) in [5, 5.41) is 16.2. The van der Waals surface area contributed by atoms with Crippen molar-refractivity contribution in [2.24, 2.45) is 0 Å². The minimum atomic E-state index is -0.324. The lowest BCUT2D eigenvalue weighted by Crippen LogP contribution is -2.27. The number of nitrogens with zero attached hydrogens (tertiary/aromatic N) is 3. The van der Waals surface area contributed by atoms with Gasteiger partial charge in [-0.25, -0.2) is 0 Å². The van der Waals surface area contributed by atoms with Gasteiger partial charge in [0.15, 0.2) is 5.82 Å². The maximum Gasteiger partial charge on any atom is 0.251 e. The van der Waals surface area contributed by atoms with Crippen LogP contribution in [0.5, 0.6) is 0 Å². The number of hydrogen-bond acceptors (Lipinski definition) is 5. The van der Waals surface area contributed by atoms with Crippen molar-refractivity contribution in [3.05, 3.63) is 33.2 Å². The minimum Gasteiger partial charge on any atom is -0.399 e. The number of carbonyl (C=O) groups is 1. The SMILES string of the molecule is CC(NC(=O)c1cc(N)cc(I)c1)c1nn[nH]n1. The summed E-state index contributed by atoms with van der Waals surface area (Å²) >= 11 is 2.11. The van der Waals surface area contributed by atoms with Gasteiger partial charge in [0.05, 0.1) is 6.04 Å². The zero-order valence-corrected chi connectivity index (χ0v) is 11.7. The van der Waals surface area contributed by atoms with Crippen molar-refractivity contribution in [3.8, 4) is 0 Å². The molecular weight excluding hydrogens is 347 g/mol. The normalized spacial score (nSPS) is 12.1. The third-order valence-corrected chi connectivity index (χ3v) is 2.90. The zero-order valence-electron chi connectivity index (χ0n) is 9.51. The van der Waals surface area contributed by atoms with Crippen LogP contribution in [0, 0.1) is 3.57 Å². The van der Waals surface area contributed by atoms with Gasteiger partial charge in [-0.15, -0.1) is 10.2 Å². The molecule has 0 fully saturated rings. The van der Waals surface area contributed by atoms with Crippen molar-refractivity contribution < 1.29 is 4.79 Å². The lowest BCUT2D eigenvalue weighted by atomic mass is 10.2. The fourth-order valence-corrected chi connectivity index (χ4v) is 2.14. The van der Waals surface area contributed by atoms with E-state index in [0.29, 0.717) is 17.1 Å². The molecule has 2 aromatic rings. The fourth-order valence-electron chi connectivity index (χ4n) is 1.44. The zero-order chi connectivity index (χ0) is 13.1. The summed E-state index contributed by atoms with van der Waals surface area (Å²) in [5.74, 6) is 0.208. The topological polar surface area (TPSA) is 110 Å². The van der Waals surface area contributed by atoms with Gasteiger partial charge in [0.2, 0.25) is 0 Å². The van der Waals surface area contributed by atoms with E-state index in [1.807, 2.05) is 0 Å². The number of nitrogens with one attached hydrogen (secondary N) is 2. The van der Waals surface area contributed by atoms with Crippen LogP contribution in [0.15, 0.2) is 18.2 Å². The second-order valence-electron chi connectivity index (χ2n) is 3.74. The molecule has 8 heteroatoms. The number of carbonyl (C=O) groups excluding carboxylic acids is 1. The molecule has 2 rings (SSSR count). The minimum absolute atomic E-state index is 0.225. The fraction of sp³-hybridized carbons (Fsp3) is 0.200. The summed E-state index contributed by atoms with van der Waals surface area (Å²) in [5.41, 5.74) is 6.76. The van der Waals surface area contributed by atoms with Crippen LogP contribution in [0.3, 0.4) is 0 Å². The van der Waals surface area contributed by atoms with Gasteiger partial charge in [0.1, 0.15) is 0 Å². The van der Waals surface area contributed by atoms with E-state index in [1.165, 1.54) is 0 Å². The van der Waals surface area contributed by atoms with Crippen LogP contribution in [0.4, 0.5) is 5.69 Å². The monoisotopic (exact) mass is 358 g/mol. The number of aromatic nitrogens is 4. The Bertz CT molecular complexity index is 535. The first-order chi connectivity index (χ1) is 8.56. The van der Waals surface area contributed by atoms with E-state index in [0.717, 1.165) is 3.57 Å². The van der Waals surface area contributed by atoms with Crippen molar-refractivity contribution in [2.75, 3.05) is 5.73 Å². The maximum absolute atomic E-state index is 12.0. The average Bonchev–Trinajstić information content (AvgIpc) is 2.80. The molecule has 1 aromatic heterocycles.